The summed E-state index contributed by atoms with van der Waals surface area (Å²) in [6.07, 6.45) is 3.67. The van der Waals surface area contributed by atoms with Crippen molar-refractivity contribution in [3.05, 3.63) is 16.1 Å². The minimum Gasteiger partial charge on any atom is -0.338 e. The van der Waals surface area contributed by atoms with Gasteiger partial charge in [0, 0.05) is 18.5 Å². The molecule has 6 heteroatoms. The van der Waals surface area contributed by atoms with Crippen molar-refractivity contribution in [1.29, 1.82) is 0 Å². The zero-order valence-electron chi connectivity index (χ0n) is 13.0. The maximum atomic E-state index is 11.7. The van der Waals surface area contributed by atoms with Crippen LogP contribution in [0.25, 0.3) is 0 Å². The van der Waals surface area contributed by atoms with Crippen molar-refractivity contribution in [1.82, 2.24) is 20.5 Å². The predicted octanol–water partition coefficient (Wildman–Crippen LogP) is 2.37. The highest BCUT2D eigenvalue weighted by Crippen LogP contribution is 2.15. The summed E-state index contributed by atoms with van der Waals surface area (Å²) < 4.78 is 0. The van der Waals surface area contributed by atoms with Crippen LogP contribution in [-0.4, -0.2) is 42.1 Å². The molecule has 1 saturated heterocycles. The number of carbonyl (C=O) groups excluding carboxylic acids is 1. The van der Waals surface area contributed by atoms with Gasteiger partial charge in [-0.1, -0.05) is 6.92 Å². The number of nitrogens with zero attached hydrogens (tertiary/aromatic N) is 2. The first-order valence-corrected chi connectivity index (χ1v) is 8.66. The van der Waals surface area contributed by atoms with E-state index in [1.165, 1.54) is 25.9 Å². The Morgan fingerprint density at radius 3 is 3.10 bits per heavy atom. The zero-order chi connectivity index (χ0) is 15.1. The molecule has 0 unspecified atom stereocenters. The third-order valence-electron chi connectivity index (χ3n) is 3.77. The van der Waals surface area contributed by atoms with E-state index >= 15 is 0 Å². The molecule has 0 spiro atoms. The number of amides is 2. The first-order chi connectivity index (χ1) is 10.1. The number of carbonyl (C=O) groups is 1. The molecule has 0 saturated carbocycles. The fourth-order valence-electron chi connectivity index (χ4n) is 2.72. The molecule has 1 aromatic heterocycles. The predicted molar refractivity (Wildman–Crippen MR) is 86.5 cm³/mol. The fraction of sp³-hybridized carbons (Fsp3) is 0.733. The molecule has 1 aliphatic rings. The normalized spacial score (nSPS) is 19.4. The van der Waals surface area contributed by atoms with Crippen molar-refractivity contribution in [2.24, 2.45) is 5.92 Å². The Labute approximate surface area is 131 Å². The van der Waals surface area contributed by atoms with E-state index < -0.39 is 0 Å². The van der Waals surface area contributed by atoms with Gasteiger partial charge >= 0.3 is 6.03 Å². The molecule has 2 heterocycles. The number of hydrogen-bond acceptors (Lipinski definition) is 4. The quantitative estimate of drug-likeness (QED) is 0.793. The van der Waals surface area contributed by atoms with Crippen LogP contribution >= 0.6 is 11.3 Å². The summed E-state index contributed by atoms with van der Waals surface area (Å²) in [4.78, 5) is 18.5. The number of thiazole rings is 1. The molecule has 1 atom stereocenters. The summed E-state index contributed by atoms with van der Waals surface area (Å²) >= 11 is 1.61. The Bertz CT molecular complexity index is 449. The summed E-state index contributed by atoms with van der Waals surface area (Å²) in [6.45, 7) is 9.01. The highest BCUT2D eigenvalue weighted by atomic mass is 32.1. The SMILES string of the molecule is Cc1nc(CNC(=O)NCCCN2CCC[C@H](C)C2)cs1. The number of aromatic nitrogens is 1. The highest BCUT2D eigenvalue weighted by Gasteiger charge is 2.15. The lowest BCUT2D eigenvalue weighted by Crippen LogP contribution is -2.39. The Balaban J connectivity index is 1.53. The van der Waals surface area contributed by atoms with Gasteiger partial charge in [-0.25, -0.2) is 9.78 Å². The molecule has 0 bridgehead atoms. The van der Waals surface area contributed by atoms with Gasteiger partial charge in [0.15, 0.2) is 0 Å². The van der Waals surface area contributed by atoms with Crippen molar-refractivity contribution < 1.29 is 4.79 Å². The summed E-state index contributed by atoms with van der Waals surface area (Å²) in [5, 5.41) is 8.76. The van der Waals surface area contributed by atoms with Crippen molar-refractivity contribution in [3.8, 4) is 0 Å². The third-order valence-corrected chi connectivity index (χ3v) is 4.60. The van der Waals surface area contributed by atoms with E-state index in [2.05, 4.69) is 27.4 Å². The summed E-state index contributed by atoms with van der Waals surface area (Å²) in [5.41, 5.74) is 0.926. The molecule has 1 fully saturated rings. The number of hydrogen-bond donors (Lipinski definition) is 2. The van der Waals surface area contributed by atoms with Crippen molar-refractivity contribution >= 4 is 17.4 Å². The van der Waals surface area contributed by atoms with Crippen LogP contribution in [0.1, 0.15) is 36.9 Å². The van der Waals surface area contributed by atoms with Gasteiger partial charge in [-0.05, 0) is 45.2 Å². The standard InChI is InChI=1S/C15H26N4OS/c1-12-5-3-7-19(10-12)8-4-6-16-15(20)17-9-14-11-21-13(2)18-14/h11-12H,3-10H2,1-2H3,(H2,16,17,20)/t12-/m0/s1. The van der Waals surface area contributed by atoms with Gasteiger partial charge in [-0.2, -0.15) is 0 Å². The monoisotopic (exact) mass is 310 g/mol. The lowest BCUT2D eigenvalue weighted by Gasteiger charge is -2.30. The maximum absolute atomic E-state index is 11.7. The Kier molecular flexibility index (Phi) is 6.45. The number of nitrogens with one attached hydrogen (secondary N) is 2. The number of rotatable bonds is 6. The smallest absolute Gasteiger partial charge is 0.315 e. The molecule has 1 aromatic rings. The highest BCUT2D eigenvalue weighted by molar-refractivity contribution is 7.09. The third kappa shape index (κ3) is 6.01. The van der Waals surface area contributed by atoms with Crippen LogP contribution in [0.3, 0.4) is 0 Å². The van der Waals surface area contributed by atoms with Crippen LogP contribution in [0.5, 0.6) is 0 Å². The fourth-order valence-corrected chi connectivity index (χ4v) is 3.33. The van der Waals surface area contributed by atoms with Crippen LogP contribution in [0, 0.1) is 12.8 Å². The Hall–Kier alpha value is -1.14. The average molecular weight is 310 g/mol. The Morgan fingerprint density at radius 1 is 1.52 bits per heavy atom. The van der Waals surface area contributed by atoms with Gasteiger partial charge in [-0.15, -0.1) is 11.3 Å². The number of aryl methyl sites for hydroxylation is 1. The molecule has 2 N–H and O–H groups in total. The molecule has 21 heavy (non-hydrogen) atoms. The molecule has 0 aromatic carbocycles. The van der Waals surface area contributed by atoms with Gasteiger partial charge in [-0.3, -0.25) is 0 Å². The van der Waals surface area contributed by atoms with Gasteiger partial charge < -0.3 is 15.5 Å². The van der Waals surface area contributed by atoms with Crippen LogP contribution in [-0.2, 0) is 6.54 Å². The van der Waals surface area contributed by atoms with Crippen LogP contribution in [0.4, 0.5) is 4.79 Å². The summed E-state index contributed by atoms with van der Waals surface area (Å²) in [6, 6.07) is -0.104. The van der Waals surface area contributed by atoms with Gasteiger partial charge in [0.1, 0.15) is 0 Å². The molecule has 2 rings (SSSR count). The minimum absolute atomic E-state index is 0.104. The van der Waals surface area contributed by atoms with E-state index in [0.29, 0.717) is 6.54 Å². The van der Waals surface area contributed by atoms with E-state index in [1.54, 1.807) is 11.3 Å². The van der Waals surface area contributed by atoms with E-state index in [9.17, 15) is 4.79 Å². The Morgan fingerprint density at radius 2 is 2.38 bits per heavy atom. The second-order valence-electron chi connectivity index (χ2n) is 5.87. The molecule has 0 aliphatic carbocycles. The minimum atomic E-state index is -0.104. The number of likely N-dealkylation sites (tertiary alicyclic amines) is 1. The van der Waals surface area contributed by atoms with Gasteiger partial charge in [0.25, 0.3) is 0 Å². The first kappa shape index (κ1) is 16.2. The second kappa shape index (κ2) is 8.34. The van der Waals surface area contributed by atoms with E-state index in [1.807, 2.05) is 12.3 Å². The molecule has 5 nitrogen and oxygen atoms in total. The molecule has 0 radical (unpaired) electrons. The molecule has 2 amide bonds. The summed E-state index contributed by atoms with van der Waals surface area (Å²) in [5.74, 6) is 0.816. The summed E-state index contributed by atoms with van der Waals surface area (Å²) in [7, 11) is 0. The van der Waals surface area contributed by atoms with Crippen molar-refractivity contribution in [3.63, 3.8) is 0 Å². The van der Waals surface area contributed by atoms with Crippen LogP contribution in [0.2, 0.25) is 0 Å². The number of urea groups is 1. The number of piperidine rings is 1. The maximum Gasteiger partial charge on any atom is 0.315 e. The van der Waals surface area contributed by atoms with Gasteiger partial charge in [0.05, 0.1) is 17.2 Å². The van der Waals surface area contributed by atoms with E-state index in [-0.39, 0.29) is 6.03 Å². The van der Waals surface area contributed by atoms with E-state index in [0.717, 1.165) is 36.1 Å². The molecular weight excluding hydrogens is 284 g/mol. The topological polar surface area (TPSA) is 57.3 Å². The van der Waals surface area contributed by atoms with Crippen LogP contribution < -0.4 is 10.6 Å². The van der Waals surface area contributed by atoms with Gasteiger partial charge in [0.2, 0.25) is 0 Å². The molecule has 1 aliphatic heterocycles. The first-order valence-electron chi connectivity index (χ1n) is 7.78. The van der Waals surface area contributed by atoms with Crippen molar-refractivity contribution in [2.45, 2.75) is 39.7 Å². The van der Waals surface area contributed by atoms with Crippen molar-refractivity contribution in [2.75, 3.05) is 26.2 Å². The lowest BCUT2D eigenvalue weighted by atomic mass is 10.0. The molecular formula is C15H26N4OS. The zero-order valence-corrected chi connectivity index (χ0v) is 13.8. The second-order valence-corrected chi connectivity index (χ2v) is 6.93. The van der Waals surface area contributed by atoms with E-state index in [4.69, 9.17) is 0 Å². The van der Waals surface area contributed by atoms with Crippen LogP contribution in [0.15, 0.2) is 5.38 Å². The lowest BCUT2D eigenvalue weighted by molar-refractivity contribution is 0.181. The largest absolute Gasteiger partial charge is 0.338 e. The molecule has 118 valence electrons. The average Bonchev–Trinajstić information content (AvgIpc) is 2.87.